The second-order valence-corrected chi connectivity index (χ2v) is 4.21. The minimum Gasteiger partial charge on any atom is -0.383 e. The van der Waals surface area contributed by atoms with Gasteiger partial charge in [0.25, 0.3) is 0 Å². The maximum absolute atomic E-state index is 12.5. The van der Waals surface area contributed by atoms with Crippen LogP contribution in [0.15, 0.2) is 24.3 Å². The van der Waals surface area contributed by atoms with Gasteiger partial charge in [-0.3, -0.25) is 0 Å². The smallest absolute Gasteiger partial charge is 0.383 e. The predicted octanol–water partition coefficient (Wildman–Crippen LogP) is 3.48. The number of anilines is 1. The van der Waals surface area contributed by atoms with Crippen LogP contribution in [0.1, 0.15) is 18.3 Å². The molecular weight excluding hydrogens is 255 g/mol. The maximum atomic E-state index is 12.5. The summed E-state index contributed by atoms with van der Waals surface area (Å²) in [4.78, 5) is 4.30. The Kier molecular flexibility index (Phi) is 3.26. The van der Waals surface area contributed by atoms with Crippen LogP contribution < -0.4 is 5.73 Å². The summed E-state index contributed by atoms with van der Waals surface area (Å²) >= 11 is 0. The van der Waals surface area contributed by atoms with Crippen molar-refractivity contribution in [2.45, 2.75) is 26.6 Å². The van der Waals surface area contributed by atoms with Crippen molar-refractivity contribution < 1.29 is 13.2 Å². The molecule has 0 aliphatic carbocycles. The van der Waals surface area contributed by atoms with Crippen molar-refractivity contribution in [2.75, 3.05) is 5.73 Å². The Labute approximate surface area is 108 Å². The average Bonchev–Trinajstić information content (AvgIpc) is 2.63. The number of nitrogens with zero attached hydrogens (tertiary/aromatic N) is 2. The van der Waals surface area contributed by atoms with Gasteiger partial charge in [0.2, 0.25) is 0 Å². The van der Waals surface area contributed by atoms with Gasteiger partial charge in [-0.2, -0.15) is 13.2 Å². The van der Waals surface area contributed by atoms with E-state index in [1.54, 1.807) is 0 Å². The Morgan fingerprint density at radius 3 is 2.21 bits per heavy atom. The highest BCUT2D eigenvalue weighted by Crippen LogP contribution is 2.32. The van der Waals surface area contributed by atoms with Crippen LogP contribution in [0.3, 0.4) is 0 Å². The number of aromatic nitrogens is 2. The number of hydrogen-bond donors (Lipinski definition) is 1. The molecule has 0 fully saturated rings. The van der Waals surface area contributed by atoms with Gasteiger partial charge in [-0.15, -0.1) is 0 Å². The largest absolute Gasteiger partial charge is 0.416 e. The molecule has 0 aliphatic heterocycles. The van der Waals surface area contributed by atoms with Crippen molar-refractivity contribution in [3.8, 4) is 11.3 Å². The Morgan fingerprint density at radius 1 is 1.21 bits per heavy atom. The molecule has 2 aromatic rings. The fraction of sp³-hybridized carbons (Fsp3) is 0.308. The zero-order valence-corrected chi connectivity index (χ0v) is 10.6. The first kappa shape index (κ1) is 13.5. The predicted molar refractivity (Wildman–Crippen MR) is 67.5 cm³/mol. The molecule has 0 saturated heterocycles. The van der Waals surface area contributed by atoms with Gasteiger partial charge < -0.3 is 10.3 Å². The van der Waals surface area contributed by atoms with Gasteiger partial charge in [0.1, 0.15) is 17.3 Å². The number of nitrogens with two attached hydrogens (primary N) is 1. The number of aryl methyl sites for hydroxylation is 1. The van der Waals surface area contributed by atoms with Crippen molar-refractivity contribution >= 4 is 5.82 Å². The number of alkyl halides is 3. The third-order valence-electron chi connectivity index (χ3n) is 3.00. The number of imidazole rings is 1. The molecule has 0 amide bonds. The second kappa shape index (κ2) is 4.60. The summed E-state index contributed by atoms with van der Waals surface area (Å²) in [7, 11) is 0. The number of nitrogen functional groups attached to an aromatic ring is 1. The number of benzene rings is 1. The van der Waals surface area contributed by atoms with Crippen LogP contribution in [0.25, 0.3) is 11.3 Å². The summed E-state index contributed by atoms with van der Waals surface area (Å²) in [5.41, 5.74) is 6.38. The van der Waals surface area contributed by atoms with Crippen LogP contribution in [0.5, 0.6) is 0 Å². The van der Waals surface area contributed by atoms with Crippen LogP contribution in [-0.4, -0.2) is 9.55 Å². The molecule has 2 rings (SSSR count). The SMILES string of the molecule is CCn1c(C)nc(-c2ccc(C(F)(F)F)cc2)c1N. The molecule has 3 nitrogen and oxygen atoms in total. The first-order chi connectivity index (χ1) is 8.84. The third-order valence-corrected chi connectivity index (χ3v) is 3.00. The number of halogens is 3. The van der Waals surface area contributed by atoms with Gasteiger partial charge in [-0.05, 0) is 26.0 Å². The summed E-state index contributed by atoms with van der Waals surface area (Å²) in [5.74, 6) is 1.22. The van der Waals surface area contributed by atoms with E-state index in [4.69, 9.17) is 5.73 Å². The van der Waals surface area contributed by atoms with Crippen LogP contribution in [-0.2, 0) is 12.7 Å². The average molecular weight is 269 g/mol. The summed E-state index contributed by atoms with van der Waals surface area (Å²) in [6.45, 7) is 4.42. The lowest BCUT2D eigenvalue weighted by atomic mass is 10.1. The highest BCUT2D eigenvalue weighted by molar-refractivity contribution is 5.71. The van der Waals surface area contributed by atoms with Crippen LogP contribution in [0.4, 0.5) is 19.0 Å². The van der Waals surface area contributed by atoms with Gasteiger partial charge in [0.15, 0.2) is 0 Å². The number of hydrogen-bond acceptors (Lipinski definition) is 2. The van der Waals surface area contributed by atoms with E-state index in [1.165, 1.54) is 12.1 Å². The van der Waals surface area contributed by atoms with E-state index in [9.17, 15) is 13.2 Å². The molecule has 0 radical (unpaired) electrons. The summed E-state index contributed by atoms with van der Waals surface area (Å²) < 4.78 is 39.3. The lowest BCUT2D eigenvalue weighted by molar-refractivity contribution is -0.137. The third kappa shape index (κ3) is 2.43. The fourth-order valence-electron chi connectivity index (χ4n) is 2.01. The number of rotatable bonds is 2. The standard InChI is InChI=1S/C13H14F3N3/c1-3-19-8(2)18-11(12(19)17)9-4-6-10(7-5-9)13(14,15)16/h4-7H,3,17H2,1-2H3. The minimum absolute atomic E-state index is 0.472. The van der Waals surface area contributed by atoms with Crippen molar-refractivity contribution in [1.29, 1.82) is 0 Å². The molecule has 0 atom stereocenters. The van der Waals surface area contributed by atoms with Gasteiger partial charge in [-0.25, -0.2) is 4.98 Å². The van der Waals surface area contributed by atoms with Gasteiger partial charge in [-0.1, -0.05) is 12.1 Å². The zero-order chi connectivity index (χ0) is 14.2. The minimum atomic E-state index is -4.33. The van der Waals surface area contributed by atoms with Crippen LogP contribution in [0.2, 0.25) is 0 Å². The van der Waals surface area contributed by atoms with Gasteiger partial charge in [0, 0.05) is 12.1 Å². The van der Waals surface area contributed by atoms with Crippen LogP contribution in [0, 0.1) is 6.92 Å². The summed E-state index contributed by atoms with van der Waals surface area (Å²) in [5, 5.41) is 0. The van der Waals surface area contributed by atoms with E-state index >= 15 is 0 Å². The maximum Gasteiger partial charge on any atom is 0.416 e. The van der Waals surface area contributed by atoms with Crippen molar-refractivity contribution in [1.82, 2.24) is 9.55 Å². The van der Waals surface area contributed by atoms with E-state index < -0.39 is 11.7 Å². The summed E-state index contributed by atoms with van der Waals surface area (Å²) in [6.07, 6.45) is -4.33. The molecule has 0 spiro atoms. The molecule has 0 bridgehead atoms. The van der Waals surface area contributed by atoms with Crippen molar-refractivity contribution in [3.05, 3.63) is 35.7 Å². The lowest BCUT2D eigenvalue weighted by Crippen LogP contribution is -2.04. The highest BCUT2D eigenvalue weighted by Gasteiger charge is 2.30. The summed E-state index contributed by atoms with van der Waals surface area (Å²) in [6, 6.07) is 4.85. The van der Waals surface area contributed by atoms with E-state index in [0.29, 0.717) is 23.6 Å². The first-order valence-corrected chi connectivity index (χ1v) is 5.84. The van der Waals surface area contributed by atoms with Gasteiger partial charge in [0.05, 0.1) is 5.56 Å². The van der Waals surface area contributed by atoms with E-state index in [1.807, 2.05) is 18.4 Å². The molecule has 1 aromatic heterocycles. The fourth-order valence-corrected chi connectivity index (χ4v) is 2.01. The molecule has 0 unspecified atom stereocenters. The van der Waals surface area contributed by atoms with Crippen LogP contribution >= 0.6 is 0 Å². The van der Waals surface area contributed by atoms with E-state index in [0.717, 1.165) is 18.0 Å². The molecule has 6 heteroatoms. The Hall–Kier alpha value is -1.98. The first-order valence-electron chi connectivity index (χ1n) is 5.84. The highest BCUT2D eigenvalue weighted by atomic mass is 19.4. The van der Waals surface area contributed by atoms with Crippen molar-refractivity contribution in [2.24, 2.45) is 0 Å². The monoisotopic (exact) mass is 269 g/mol. The molecule has 102 valence electrons. The molecular formula is C13H14F3N3. The molecule has 19 heavy (non-hydrogen) atoms. The van der Waals surface area contributed by atoms with Gasteiger partial charge >= 0.3 is 6.18 Å². The quantitative estimate of drug-likeness (QED) is 0.907. The molecule has 1 aromatic carbocycles. The zero-order valence-electron chi connectivity index (χ0n) is 10.6. The second-order valence-electron chi connectivity index (χ2n) is 4.21. The molecule has 0 aliphatic rings. The molecule has 2 N–H and O–H groups in total. The molecule has 1 heterocycles. The Morgan fingerprint density at radius 2 is 1.79 bits per heavy atom. The normalized spacial score (nSPS) is 11.8. The van der Waals surface area contributed by atoms with E-state index in [-0.39, 0.29) is 0 Å². The van der Waals surface area contributed by atoms with Crippen molar-refractivity contribution in [3.63, 3.8) is 0 Å². The lowest BCUT2D eigenvalue weighted by Gasteiger charge is -2.07. The van der Waals surface area contributed by atoms with E-state index in [2.05, 4.69) is 4.98 Å². The topological polar surface area (TPSA) is 43.8 Å². The molecule has 0 saturated carbocycles. The Balaban J connectivity index is 2.43. The Bertz CT molecular complexity index is 582.